The van der Waals surface area contributed by atoms with Crippen molar-refractivity contribution in [2.45, 2.75) is 13.8 Å². The van der Waals surface area contributed by atoms with Gasteiger partial charge in [-0.25, -0.2) is 0 Å². The highest BCUT2D eigenvalue weighted by Gasteiger charge is 2.15. The number of nitro groups is 1. The van der Waals surface area contributed by atoms with Crippen LogP contribution in [-0.2, 0) is 0 Å². The van der Waals surface area contributed by atoms with Crippen LogP contribution in [0.15, 0.2) is 48.8 Å². The number of aryl methyl sites for hydroxylation is 2. The van der Waals surface area contributed by atoms with Crippen LogP contribution in [0, 0.1) is 24.0 Å². The number of hydrogen-bond acceptors (Lipinski definition) is 4. The SMILES string of the molecule is Cc1ccc(C)c(Oc2ccc([N+](=O)[O-])c3cnccc23)c1. The summed E-state index contributed by atoms with van der Waals surface area (Å²) >= 11 is 0. The van der Waals surface area contributed by atoms with Crippen LogP contribution in [0.3, 0.4) is 0 Å². The molecule has 3 rings (SSSR count). The van der Waals surface area contributed by atoms with E-state index in [-0.39, 0.29) is 5.69 Å². The Morgan fingerprint density at radius 3 is 2.64 bits per heavy atom. The van der Waals surface area contributed by atoms with Crippen molar-refractivity contribution in [3.8, 4) is 11.5 Å². The third kappa shape index (κ3) is 2.48. The fourth-order valence-corrected chi connectivity index (χ4v) is 2.33. The Kier molecular flexibility index (Phi) is 3.47. The fraction of sp³-hybridized carbons (Fsp3) is 0.118. The zero-order chi connectivity index (χ0) is 15.7. The van der Waals surface area contributed by atoms with Crippen LogP contribution in [0.5, 0.6) is 11.5 Å². The predicted molar refractivity (Wildman–Crippen MR) is 84.4 cm³/mol. The monoisotopic (exact) mass is 294 g/mol. The normalized spacial score (nSPS) is 10.6. The van der Waals surface area contributed by atoms with Gasteiger partial charge in [0, 0.05) is 23.8 Å². The van der Waals surface area contributed by atoms with Gasteiger partial charge in [-0.2, -0.15) is 0 Å². The van der Waals surface area contributed by atoms with Crippen molar-refractivity contribution in [2.75, 3.05) is 0 Å². The predicted octanol–water partition coefficient (Wildman–Crippen LogP) is 4.55. The maximum absolute atomic E-state index is 11.1. The number of rotatable bonds is 3. The maximum Gasteiger partial charge on any atom is 0.279 e. The quantitative estimate of drug-likeness (QED) is 0.525. The van der Waals surface area contributed by atoms with Crippen LogP contribution in [0.4, 0.5) is 5.69 Å². The summed E-state index contributed by atoms with van der Waals surface area (Å²) in [4.78, 5) is 14.7. The Labute approximate surface area is 127 Å². The van der Waals surface area contributed by atoms with Gasteiger partial charge in [0.25, 0.3) is 5.69 Å². The molecular weight excluding hydrogens is 280 g/mol. The van der Waals surface area contributed by atoms with E-state index in [4.69, 9.17) is 4.74 Å². The van der Waals surface area contributed by atoms with E-state index in [1.165, 1.54) is 12.3 Å². The molecule has 0 atom stereocenters. The summed E-state index contributed by atoms with van der Waals surface area (Å²) in [6.45, 7) is 3.95. The molecule has 0 spiro atoms. The van der Waals surface area contributed by atoms with E-state index in [1.807, 2.05) is 32.0 Å². The smallest absolute Gasteiger partial charge is 0.279 e. The number of nitrogens with zero attached hydrogens (tertiary/aromatic N) is 2. The number of pyridine rings is 1. The van der Waals surface area contributed by atoms with Gasteiger partial charge in [0.2, 0.25) is 0 Å². The van der Waals surface area contributed by atoms with Gasteiger partial charge in [0.05, 0.1) is 10.3 Å². The molecule has 0 aliphatic carbocycles. The average Bonchev–Trinajstić information content (AvgIpc) is 2.51. The summed E-state index contributed by atoms with van der Waals surface area (Å²) < 4.78 is 5.99. The standard InChI is InChI=1S/C17H14N2O3/c1-11-3-4-12(2)17(9-11)22-16-6-5-15(19(20)21)14-10-18-8-7-13(14)16/h3-10H,1-2H3. The van der Waals surface area contributed by atoms with Crippen LogP contribution in [0.2, 0.25) is 0 Å². The topological polar surface area (TPSA) is 65.3 Å². The van der Waals surface area contributed by atoms with Crippen molar-refractivity contribution in [2.24, 2.45) is 0 Å². The van der Waals surface area contributed by atoms with Gasteiger partial charge in [0.1, 0.15) is 11.5 Å². The molecule has 0 N–H and O–H groups in total. The minimum atomic E-state index is -0.411. The Morgan fingerprint density at radius 1 is 1.05 bits per heavy atom. The van der Waals surface area contributed by atoms with Gasteiger partial charge in [-0.3, -0.25) is 15.1 Å². The molecule has 2 aromatic carbocycles. The van der Waals surface area contributed by atoms with Crippen molar-refractivity contribution in [1.29, 1.82) is 0 Å². The lowest BCUT2D eigenvalue weighted by atomic mass is 10.1. The lowest BCUT2D eigenvalue weighted by Gasteiger charge is -2.12. The number of benzene rings is 2. The molecule has 0 fully saturated rings. The molecule has 0 unspecified atom stereocenters. The highest BCUT2D eigenvalue weighted by Crippen LogP contribution is 2.35. The molecule has 0 amide bonds. The molecule has 5 nitrogen and oxygen atoms in total. The molecule has 22 heavy (non-hydrogen) atoms. The summed E-state index contributed by atoms with van der Waals surface area (Å²) in [5.41, 5.74) is 2.12. The Balaban J connectivity index is 2.14. The van der Waals surface area contributed by atoms with E-state index in [0.29, 0.717) is 16.5 Å². The van der Waals surface area contributed by atoms with Crippen LogP contribution >= 0.6 is 0 Å². The minimum Gasteiger partial charge on any atom is -0.456 e. The largest absolute Gasteiger partial charge is 0.456 e. The first-order valence-corrected chi connectivity index (χ1v) is 6.82. The number of aromatic nitrogens is 1. The zero-order valence-corrected chi connectivity index (χ0v) is 12.2. The van der Waals surface area contributed by atoms with E-state index in [0.717, 1.165) is 16.9 Å². The first-order valence-electron chi connectivity index (χ1n) is 6.82. The number of nitro benzene ring substituents is 1. The molecule has 0 saturated heterocycles. The first kappa shape index (κ1) is 14.0. The Bertz CT molecular complexity index is 875. The number of non-ortho nitro benzene ring substituents is 1. The number of fused-ring (bicyclic) bond motifs is 1. The van der Waals surface area contributed by atoms with Crippen molar-refractivity contribution in [3.05, 3.63) is 70.0 Å². The Morgan fingerprint density at radius 2 is 1.86 bits per heavy atom. The van der Waals surface area contributed by atoms with E-state index in [9.17, 15) is 10.1 Å². The number of hydrogen-bond donors (Lipinski definition) is 0. The average molecular weight is 294 g/mol. The Hall–Kier alpha value is -2.95. The number of ether oxygens (including phenoxy) is 1. The van der Waals surface area contributed by atoms with Crippen molar-refractivity contribution >= 4 is 16.5 Å². The summed E-state index contributed by atoms with van der Waals surface area (Å²) in [6.07, 6.45) is 3.09. The maximum atomic E-state index is 11.1. The van der Waals surface area contributed by atoms with E-state index in [2.05, 4.69) is 4.98 Å². The van der Waals surface area contributed by atoms with Crippen LogP contribution in [-0.4, -0.2) is 9.91 Å². The van der Waals surface area contributed by atoms with Gasteiger partial charge in [-0.05, 0) is 43.2 Å². The highest BCUT2D eigenvalue weighted by molar-refractivity contribution is 5.94. The minimum absolute atomic E-state index is 0.0245. The van der Waals surface area contributed by atoms with Crippen molar-refractivity contribution in [3.63, 3.8) is 0 Å². The second kappa shape index (κ2) is 5.44. The van der Waals surface area contributed by atoms with Crippen LogP contribution in [0.1, 0.15) is 11.1 Å². The molecule has 5 heteroatoms. The van der Waals surface area contributed by atoms with Gasteiger partial charge in [0.15, 0.2) is 0 Å². The molecule has 3 aromatic rings. The molecule has 0 aliphatic heterocycles. The first-order chi connectivity index (χ1) is 10.6. The molecule has 110 valence electrons. The van der Waals surface area contributed by atoms with E-state index in [1.54, 1.807) is 18.3 Å². The van der Waals surface area contributed by atoms with Gasteiger partial charge < -0.3 is 4.74 Å². The molecule has 0 aliphatic rings. The van der Waals surface area contributed by atoms with E-state index < -0.39 is 4.92 Å². The second-order valence-corrected chi connectivity index (χ2v) is 5.13. The third-order valence-corrected chi connectivity index (χ3v) is 3.52. The lowest BCUT2D eigenvalue weighted by Crippen LogP contribution is -1.94. The molecule has 0 bridgehead atoms. The summed E-state index contributed by atoms with van der Waals surface area (Å²) in [5, 5.41) is 12.3. The third-order valence-electron chi connectivity index (χ3n) is 3.52. The van der Waals surface area contributed by atoms with Crippen molar-refractivity contribution in [1.82, 2.24) is 4.98 Å². The van der Waals surface area contributed by atoms with E-state index >= 15 is 0 Å². The fourth-order valence-electron chi connectivity index (χ4n) is 2.33. The molecule has 0 saturated carbocycles. The van der Waals surface area contributed by atoms with Gasteiger partial charge >= 0.3 is 0 Å². The second-order valence-electron chi connectivity index (χ2n) is 5.13. The molecule has 1 aromatic heterocycles. The van der Waals surface area contributed by atoms with Crippen LogP contribution < -0.4 is 4.74 Å². The summed E-state index contributed by atoms with van der Waals surface area (Å²) in [7, 11) is 0. The van der Waals surface area contributed by atoms with Gasteiger partial charge in [-0.1, -0.05) is 12.1 Å². The van der Waals surface area contributed by atoms with Crippen LogP contribution in [0.25, 0.3) is 10.8 Å². The van der Waals surface area contributed by atoms with Crippen molar-refractivity contribution < 1.29 is 9.66 Å². The zero-order valence-electron chi connectivity index (χ0n) is 12.2. The summed E-state index contributed by atoms with van der Waals surface area (Å²) in [6, 6.07) is 10.7. The summed E-state index contributed by atoms with van der Waals surface area (Å²) in [5.74, 6) is 1.32. The van der Waals surface area contributed by atoms with Gasteiger partial charge in [-0.15, -0.1) is 0 Å². The highest BCUT2D eigenvalue weighted by atomic mass is 16.6. The molecule has 0 radical (unpaired) electrons. The molecular formula is C17H14N2O3. The molecule has 1 heterocycles. The lowest BCUT2D eigenvalue weighted by molar-refractivity contribution is -0.383.